The van der Waals surface area contributed by atoms with Gasteiger partial charge in [0.2, 0.25) is 0 Å². The maximum Gasteiger partial charge on any atom is 0.169 e. The first-order valence-corrected chi connectivity index (χ1v) is 19.1. The number of fused-ring (bicyclic) bond motifs is 6. The first-order chi connectivity index (χ1) is 27.7. The van der Waals surface area contributed by atoms with Gasteiger partial charge in [-0.1, -0.05) is 170 Å². The Balaban J connectivity index is 0.918. The van der Waals surface area contributed by atoms with Crippen molar-refractivity contribution in [3.63, 3.8) is 0 Å². The van der Waals surface area contributed by atoms with Crippen LogP contribution in [-0.2, 0) is 0 Å². The van der Waals surface area contributed by atoms with Gasteiger partial charge in [-0.05, 0) is 79.9 Å². The molecule has 0 fully saturated rings. The van der Waals surface area contributed by atoms with Crippen LogP contribution in [0.2, 0.25) is 0 Å². The van der Waals surface area contributed by atoms with E-state index >= 15 is 0 Å². The quantitative estimate of drug-likeness (QED) is 0.186. The third-order valence-electron chi connectivity index (χ3n) is 11.2. The summed E-state index contributed by atoms with van der Waals surface area (Å²) in [5, 5.41) is 5.76. The molecule has 1 aromatic heterocycles. The number of furan rings is 1. The second-order valence-corrected chi connectivity index (χ2v) is 14.6. The Morgan fingerprint density at radius 3 is 1.64 bits per heavy atom. The van der Waals surface area contributed by atoms with Crippen LogP contribution in [0.4, 0.5) is 0 Å². The van der Waals surface area contributed by atoms with Gasteiger partial charge >= 0.3 is 0 Å². The van der Waals surface area contributed by atoms with Crippen molar-refractivity contribution in [1.82, 2.24) is 5.32 Å². The summed E-state index contributed by atoms with van der Waals surface area (Å²) in [6.45, 7) is 0. The fourth-order valence-corrected chi connectivity index (χ4v) is 8.46. The number of rotatable bonds is 6. The maximum absolute atomic E-state index is 6.67. The molecule has 2 heterocycles. The Morgan fingerprint density at radius 1 is 0.375 bits per heavy atom. The summed E-state index contributed by atoms with van der Waals surface area (Å²) in [5.41, 5.74) is 16.0. The van der Waals surface area contributed by atoms with E-state index < -0.39 is 0 Å². The van der Waals surface area contributed by atoms with Gasteiger partial charge < -0.3 is 9.73 Å². The van der Waals surface area contributed by atoms with Crippen LogP contribution in [0.25, 0.3) is 55.3 Å². The number of hydrogen-bond donors (Lipinski definition) is 1. The van der Waals surface area contributed by atoms with Gasteiger partial charge in [0.1, 0.15) is 22.8 Å². The average molecular weight is 718 g/mol. The van der Waals surface area contributed by atoms with Gasteiger partial charge in [0.05, 0.1) is 0 Å². The van der Waals surface area contributed by atoms with Gasteiger partial charge in [-0.25, -0.2) is 9.98 Å². The lowest BCUT2D eigenvalue weighted by Crippen LogP contribution is -2.36. The van der Waals surface area contributed by atoms with E-state index in [9.17, 15) is 0 Å². The molecule has 0 bridgehead atoms. The Bertz CT molecular complexity index is 2980. The van der Waals surface area contributed by atoms with Gasteiger partial charge in [0.15, 0.2) is 6.17 Å². The number of nitrogens with zero attached hydrogens (tertiary/aromatic N) is 2. The van der Waals surface area contributed by atoms with E-state index in [0.29, 0.717) is 0 Å². The van der Waals surface area contributed by atoms with E-state index in [-0.39, 0.29) is 12.1 Å². The van der Waals surface area contributed by atoms with Crippen molar-refractivity contribution in [2.75, 3.05) is 0 Å². The van der Waals surface area contributed by atoms with Crippen molar-refractivity contribution < 1.29 is 4.42 Å². The first kappa shape index (κ1) is 32.2. The lowest BCUT2D eigenvalue weighted by molar-refractivity contribution is 0.668. The lowest BCUT2D eigenvalue weighted by Gasteiger charge is -2.22. The van der Waals surface area contributed by atoms with Crippen LogP contribution >= 0.6 is 0 Å². The smallest absolute Gasteiger partial charge is 0.169 e. The molecule has 11 rings (SSSR count). The molecular formula is C52H35N3O. The van der Waals surface area contributed by atoms with Crippen molar-refractivity contribution in [2.24, 2.45) is 9.98 Å². The third-order valence-corrected chi connectivity index (χ3v) is 11.2. The van der Waals surface area contributed by atoms with E-state index in [1.165, 1.54) is 38.9 Å². The summed E-state index contributed by atoms with van der Waals surface area (Å²) in [6.07, 6.45) is -0.330. The zero-order valence-corrected chi connectivity index (χ0v) is 30.4. The van der Waals surface area contributed by atoms with E-state index in [0.717, 1.165) is 61.4 Å². The summed E-state index contributed by atoms with van der Waals surface area (Å²) in [6, 6.07) is 68.8. The molecular weight excluding hydrogens is 683 g/mol. The fraction of sp³-hybridized carbons (Fsp3) is 0.0385. The van der Waals surface area contributed by atoms with Gasteiger partial charge in [-0.3, -0.25) is 0 Å². The van der Waals surface area contributed by atoms with Gasteiger partial charge in [-0.15, -0.1) is 0 Å². The first-order valence-electron chi connectivity index (χ1n) is 19.1. The largest absolute Gasteiger partial charge is 0.456 e. The van der Waals surface area contributed by atoms with Gasteiger partial charge in [-0.2, -0.15) is 0 Å². The number of amidine groups is 2. The molecule has 56 heavy (non-hydrogen) atoms. The molecule has 2 unspecified atom stereocenters. The fourth-order valence-electron chi connectivity index (χ4n) is 8.46. The van der Waals surface area contributed by atoms with Crippen LogP contribution in [-0.4, -0.2) is 11.7 Å². The minimum atomic E-state index is -0.330. The molecule has 0 spiro atoms. The summed E-state index contributed by atoms with van der Waals surface area (Å²) >= 11 is 0. The highest BCUT2D eigenvalue weighted by atomic mass is 16.3. The molecule has 4 heteroatoms. The monoisotopic (exact) mass is 717 g/mol. The van der Waals surface area contributed by atoms with Crippen LogP contribution in [0.15, 0.2) is 209 Å². The molecule has 4 nitrogen and oxygen atoms in total. The Hall–Kier alpha value is -7.30. The summed E-state index contributed by atoms with van der Waals surface area (Å²) < 4.78 is 6.67. The molecule has 264 valence electrons. The van der Waals surface area contributed by atoms with Crippen molar-refractivity contribution in [1.29, 1.82) is 0 Å². The zero-order chi connectivity index (χ0) is 37.0. The molecule has 0 saturated heterocycles. The molecule has 8 aromatic carbocycles. The number of aliphatic imine (C=N–C) groups is 2. The highest BCUT2D eigenvalue weighted by Crippen LogP contribution is 2.49. The van der Waals surface area contributed by atoms with Crippen LogP contribution in [0.5, 0.6) is 0 Å². The Morgan fingerprint density at radius 2 is 0.893 bits per heavy atom. The second kappa shape index (κ2) is 13.2. The van der Waals surface area contributed by atoms with E-state index in [1.807, 2.05) is 36.4 Å². The van der Waals surface area contributed by atoms with E-state index in [1.54, 1.807) is 0 Å². The van der Waals surface area contributed by atoms with Crippen molar-refractivity contribution in [2.45, 2.75) is 12.1 Å². The minimum Gasteiger partial charge on any atom is -0.456 e. The lowest BCUT2D eigenvalue weighted by atomic mass is 9.87. The number of nitrogens with one attached hydrogen (secondary N) is 1. The molecule has 1 aliphatic carbocycles. The molecule has 1 N–H and O–H groups in total. The summed E-state index contributed by atoms with van der Waals surface area (Å²) in [7, 11) is 0. The Kier molecular flexibility index (Phi) is 7.59. The number of hydrogen-bond acceptors (Lipinski definition) is 4. The van der Waals surface area contributed by atoms with E-state index in [4.69, 9.17) is 14.4 Å². The molecule has 1 aliphatic heterocycles. The molecule has 2 aliphatic rings. The van der Waals surface area contributed by atoms with Crippen LogP contribution in [0.3, 0.4) is 0 Å². The maximum atomic E-state index is 6.67. The standard InChI is InChI=1S/C52H35N3O/c1-4-12-33(13-5-1)38-24-27-42-41-18-10-11-19-45(41)49(46(42)30-38)40-26-29-44-43-28-25-39(31-47(43)56-48(44)32-40)34-20-22-37(23-21-34)52-54-50(35-14-6-2-7-15-35)53-51(55-52)36-16-8-3-9-17-36/h1-32,49-50H,(H,53,54,55). The predicted octanol–water partition coefficient (Wildman–Crippen LogP) is 12.6. The van der Waals surface area contributed by atoms with Gasteiger partial charge in [0.25, 0.3) is 0 Å². The summed E-state index contributed by atoms with van der Waals surface area (Å²) in [5.74, 6) is 1.73. The van der Waals surface area contributed by atoms with E-state index in [2.05, 4.69) is 163 Å². The van der Waals surface area contributed by atoms with Crippen molar-refractivity contribution in [3.8, 4) is 33.4 Å². The predicted molar refractivity (Wildman–Crippen MR) is 229 cm³/mol. The number of benzene rings is 8. The molecule has 0 saturated carbocycles. The van der Waals surface area contributed by atoms with Crippen LogP contribution in [0.1, 0.15) is 45.5 Å². The molecule has 0 amide bonds. The van der Waals surface area contributed by atoms with Crippen molar-refractivity contribution >= 4 is 33.6 Å². The van der Waals surface area contributed by atoms with Crippen molar-refractivity contribution in [3.05, 3.63) is 228 Å². The summed E-state index contributed by atoms with van der Waals surface area (Å²) in [4.78, 5) is 10.0. The highest BCUT2D eigenvalue weighted by molar-refractivity contribution is 6.16. The minimum absolute atomic E-state index is 0.123. The molecule has 2 atom stereocenters. The SMILES string of the molecule is c1ccc(C2=NC(c3ccccc3)N=C(c3ccc(-c4ccc5c(c4)oc4cc(C6c7ccccc7-c7ccc(-c8ccccc8)cc76)ccc45)cc3)N2)cc1. The van der Waals surface area contributed by atoms with Gasteiger partial charge in [0, 0.05) is 27.8 Å². The third kappa shape index (κ3) is 5.54. The molecule has 9 aromatic rings. The van der Waals surface area contributed by atoms with Crippen LogP contribution < -0.4 is 5.32 Å². The highest BCUT2D eigenvalue weighted by Gasteiger charge is 2.30. The average Bonchev–Trinajstić information content (AvgIpc) is 3.81. The zero-order valence-electron chi connectivity index (χ0n) is 30.4. The molecule has 0 radical (unpaired) electrons. The second-order valence-electron chi connectivity index (χ2n) is 14.6. The topological polar surface area (TPSA) is 49.9 Å². The van der Waals surface area contributed by atoms with Crippen LogP contribution in [0, 0.1) is 0 Å². The normalized spacial score (nSPS) is 15.9. The Labute approximate surface area is 325 Å².